The van der Waals surface area contributed by atoms with Gasteiger partial charge in [-0.25, -0.2) is 0 Å². The average Bonchev–Trinajstić information content (AvgIpc) is 3.05. The number of amides is 1. The third-order valence-corrected chi connectivity index (χ3v) is 4.22. The Morgan fingerprint density at radius 3 is 2.61 bits per heavy atom. The summed E-state index contributed by atoms with van der Waals surface area (Å²) >= 11 is 0. The van der Waals surface area contributed by atoms with Crippen molar-refractivity contribution in [2.75, 3.05) is 33.2 Å². The van der Waals surface area contributed by atoms with Crippen LogP contribution in [0.25, 0.3) is 0 Å². The maximum absolute atomic E-state index is 12.4. The number of carbonyl (C=O) groups is 1. The van der Waals surface area contributed by atoms with Gasteiger partial charge in [0.15, 0.2) is 5.96 Å². The molecule has 1 aromatic rings. The quantitative estimate of drug-likeness (QED) is 0.297. The Morgan fingerprint density at radius 1 is 1.25 bits per heavy atom. The molecule has 0 aromatic heterocycles. The third-order valence-electron chi connectivity index (χ3n) is 4.22. The molecule has 6 nitrogen and oxygen atoms in total. The van der Waals surface area contributed by atoms with E-state index in [1.165, 1.54) is 4.90 Å². The number of nitrogens with zero attached hydrogens (tertiary/aromatic N) is 2. The zero-order chi connectivity index (χ0) is 19.7. The molecule has 158 valence electrons. The smallest absolute Gasteiger partial charge is 0.356 e. The summed E-state index contributed by atoms with van der Waals surface area (Å²) in [5.74, 6) is 0.406. The number of hydrogen-bond acceptors (Lipinski definition) is 3. The van der Waals surface area contributed by atoms with Crippen molar-refractivity contribution >= 4 is 35.8 Å². The largest absolute Gasteiger partial charge is 0.401 e. The van der Waals surface area contributed by atoms with Gasteiger partial charge in [-0.2, -0.15) is 13.2 Å². The van der Waals surface area contributed by atoms with Crippen LogP contribution in [-0.4, -0.2) is 62.2 Å². The third kappa shape index (κ3) is 9.58. The number of nitrogens with one attached hydrogen (secondary N) is 3. The second-order valence-corrected chi connectivity index (χ2v) is 6.49. The van der Waals surface area contributed by atoms with E-state index in [4.69, 9.17) is 0 Å². The number of alkyl halides is 3. The SMILES string of the molecule is CN=C(NCCC(=O)NCc1ccccc1)NC1CCN(CC(F)(F)F)C1.I. The minimum Gasteiger partial charge on any atom is -0.356 e. The lowest BCUT2D eigenvalue weighted by atomic mass is 10.2. The molecule has 1 heterocycles. The van der Waals surface area contributed by atoms with Crippen LogP contribution in [0.3, 0.4) is 0 Å². The van der Waals surface area contributed by atoms with Crippen molar-refractivity contribution in [3.63, 3.8) is 0 Å². The van der Waals surface area contributed by atoms with Crippen LogP contribution in [0.4, 0.5) is 13.2 Å². The van der Waals surface area contributed by atoms with Crippen molar-refractivity contribution in [1.29, 1.82) is 0 Å². The Morgan fingerprint density at radius 2 is 1.96 bits per heavy atom. The van der Waals surface area contributed by atoms with Crippen LogP contribution in [0, 0.1) is 0 Å². The fraction of sp³-hybridized carbons (Fsp3) is 0.556. The highest BCUT2D eigenvalue weighted by atomic mass is 127. The molecule has 1 aromatic carbocycles. The number of carbonyl (C=O) groups excluding carboxylic acids is 1. The van der Waals surface area contributed by atoms with E-state index in [9.17, 15) is 18.0 Å². The Bertz CT molecular complexity index is 627. The minimum absolute atomic E-state index is 0. The van der Waals surface area contributed by atoms with Crippen molar-refractivity contribution in [2.24, 2.45) is 4.99 Å². The van der Waals surface area contributed by atoms with Crippen LogP contribution >= 0.6 is 24.0 Å². The molecule has 1 saturated heterocycles. The highest BCUT2D eigenvalue weighted by Crippen LogP contribution is 2.19. The first-order chi connectivity index (χ1) is 12.9. The zero-order valence-corrected chi connectivity index (χ0v) is 18.1. The van der Waals surface area contributed by atoms with Gasteiger partial charge in [0, 0.05) is 45.7 Å². The van der Waals surface area contributed by atoms with Gasteiger partial charge in [-0.3, -0.25) is 14.7 Å². The summed E-state index contributed by atoms with van der Waals surface area (Å²) in [6.45, 7) is 0.690. The van der Waals surface area contributed by atoms with E-state index in [1.54, 1.807) is 7.05 Å². The molecule has 0 spiro atoms. The van der Waals surface area contributed by atoms with Gasteiger partial charge in [0.2, 0.25) is 5.91 Å². The zero-order valence-electron chi connectivity index (χ0n) is 15.8. The summed E-state index contributed by atoms with van der Waals surface area (Å²) in [6.07, 6.45) is -3.28. The van der Waals surface area contributed by atoms with Gasteiger partial charge < -0.3 is 16.0 Å². The molecule has 3 N–H and O–H groups in total. The standard InChI is InChI=1S/C18H26F3N5O.HI/c1-22-17(25-15-8-10-26(12-15)13-18(19,20)21)23-9-7-16(27)24-11-14-5-3-2-4-6-14;/h2-6,15H,7-13H2,1H3,(H,24,27)(H2,22,23,25);1H. The van der Waals surface area contributed by atoms with E-state index in [1.807, 2.05) is 30.3 Å². The maximum atomic E-state index is 12.4. The molecule has 1 aliphatic heterocycles. The minimum atomic E-state index is -4.18. The van der Waals surface area contributed by atoms with E-state index in [-0.39, 0.29) is 42.3 Å². The van der Waals surface area contributed by atoms with E-state index in [0.717, 1.165) is 5.56 Å². The number of rotatable bonds is 7. The molecule has 10 heteroatoms. The first-order valence-corrected chi connectivity index (χ1v) is 8.92. The van der Waals surface area contributed by atoms with Crippen LogP contribution in [0.1, 0.15) is 18.4 Å². The van der Waals surface area contributed by atoms with Crippen molar-refractivity contribution in [3.05, 3.63) is 35.9 Å². The number of likely N-dealkylation sites (tertiary alicyclic amines) is 1. The summed E-state index contributed by atoms with van der Waals surface area (Å²) in [4.78, 5) is 17.3. The van der Waals surface area contributed by atoms with Crippen LogP contribution in [0.15, 0.2) is 35.3 Å². The summed E-state index contributed by atoms with van der Waals surface area (Å²) in [5.41, 5.74) is 1.03. The van der Waals surface area contributed by atoms with Crippen LogP contribution < -0.4 is 16.0 Å². The fourth-order valence-corrected chi connectivity index (χ4v) is 2.91. The maximum Gasteiger partial charge on any atom is 0.401 e. The van der Waals surface area contributed by atoms with E-state index in [2.05, 4.69) is 20.9 Å². The highest BCUT2D eigenvalue weighted by molar-refractivity contribution is 14.0. The number of benzene rings is 1. The van der Waals surface area contributed by atoms with Crippen molar-refractivity contribution in [3.8, 4) is 0 Å². The number of hydrogen-bond donors (Lipinski definition) is 3. The summed E-state index contributed by atoms with van der Waals surface area (Å²) in [7, 11) is 1.59. The molecule has 0 radical (unpaired) electrons. The first kappa shape index (κ1) is 24.5. The fourth-order valence-electron chi connectivity index (χ4n) is 2.91. The molecule has 0 saturated carbocycles. The van der Waals surface area contributed by atoms with Crippen molar-refractivity contribution in [2.45, 2.75) is 31.6 Å². The number of halogens is 4. The number of guanidine groups is 1. The predicted molar refractivity (Wildman–Crippen MR) is 114 cm³/mol. The van der Waals surface area contributed by atoms with Crippen molar-refractivity contribution in [1.82, 2.24) is 20.9 Å². The van der Waals surface area contributed by atoms with Crippen LogP contribution in [-0.2, 0) is 11.3 Å². The van der Waals surface area contributed by atoms with Crippen LogP contribution in [0.5, 0.6) is 0 Å². The Balaban J connectivity index is 0.00000392. The summed E-state index contributed by atoms with van der Waals surface area (Å²) in [5, 5.41) is 8.98. The van der Waals surface area contributed by atoms with E-state index >= 15 is 0 Å². The molecule has 1 amide bonds. The van der Waals surface area contributed by atoms with E-state index < -0.39 is 12.7 Å². The predicted octanol–water partition coefficient (Wildman–Crippen LogP) is 2.11. The molecule has 1 atom stereocenters. The number of aliphatic imine (C=N–C) groups is 1. The Kier molecular flexibility index (Phi) is 10.6. The van der Waals surface area contributed by atoms with Gasteiger partial charge in [0.25, 0.3) is 0 Å². The molecular formula is C18H27F3IN5O. The van der Waals surface area contributed by atoms with Crippen LogP contribution in [0.2, 0.25) is 0 Å². The second-order valence-electron chi connectivity index (χ2n) is 6.49. The summed E-state index contributed by atoms with van der Waals surface area (Å²) in [6, 6.07) is 9.53. The summed E-state index contributed by atoms with van der Waals surface area (Å²) < 4.78 is 37.3. The van der Waals surface area contributed by atoms with Gasteiger partial charge >= 0.3 is 6.18 Å². The Hall–Kier alpha value is -1.56. The molecule has 0 bridgehead atoms. The second kappa shape index (κ2) is 12.1. The topological polar surface area (TPSA) is 68.8 Å². The molecule has 1 aliphatic rings. The molecule has 1 unspecified atom stereocenters. The van der Waals surface area contributed by atoms with Gasteiger partial charge in [-0.15, -0.1) is 24.0 Å². The monoisotopic (exact) mass is 513 g/mol. The molecule has 2 rings (SSSR count). The molecular weight excluding hydrogens is 486 g/mol. The highest BCUT2D eigenvalue weighted by Gasteiger charge is 2.34. The molecule has 1 fully saturated rings. The average molecular weight is 513 g/mol. The first-order valence-electron chi connectivity index (χ1n) is 8.92. The van der Waals surface area contributed by atoms with Gasteiger partial charge in [-0.1, -0.05) is 30.3 Å². The lowest BCUT2D eigenvalue weighted by Crippen LogP contribution is -2.45. The van der Waals surface area contributed by atoms with Gasteiger partial charge in [0.05, 0.1) is 6.54 Å². The lowest BCUT2D eigenvalue weighted by molar-refractivity contribution is -0.143. The normalized spacial score (nSPS) is 17.7. The van der Waals surface area contributed by atoms with Gasteiger partial charge in [-0.05, 0) is 12.0 Å². The van der Waals surface area contributed by atoms with Gasteiger partial charge in [0.1, 0.15) is 0 Å². The molecule has 0 aliphatic carbocycles. The molecule has 28 heavy (non-hydrogen) atoms. The van der Waals surface area contributed by atoms with E-state index in [0.29, 0.717) is 38.6 Å². The van der Waals surface area contributed by atoms with Crippen molar-refractivity contribution < 1.29 is 18.0 Å². The lowest BCUT2D eigenvalue weighted by Gasteiger charge is -2.19. The Labute approximate surface area is 180 Å².